The number of halogens is 1. The summed E-state index contributed by atoms with van der Waals surface area (Å²) in [5.41, 5.74) is 3.29. The van der Waals surface area contributed by atoms with Crippen molar-refractivity contribution < 1.29 is 4.39 Å². The molecule has 4 nitrogen and oxygen atoms in total. The van der Waals surface area contributed by atoms with Gasteiger partial charge in [0.25, 0.3) is 0 Å². The number of pyridine rings is 1. The maximum atomic E-state index is 13.9. The lowest BCUT2D eigenvalue weighted by atomic mass is 10.0. The Balaban J connectivity index is 1.50. The van der Waals surface area contributed by atoms with Gasteiger partial charge in [-0.05, 0) is 41.8 Å². The van der Waals surface area contributed by atoms with Crippen molar-refractivity contribution in [3.8, 4) is 0 Å². The Kier molecular flexibility index (Phi) is 4.41. The Bertz CT molecular complexity index is 948. The summed E-state index contributed by atoms with van der Waals surface area (Å²) in [6.07, 6.45) is 9.10. The van der Waals surface area contributed by atoms with Crippen molar-refractivity contribution in [2.45, 2.75) is 18.3 Å². The number of allylic oxidation sites excluding steroid dienone is 2. The lowest BCUT2D eigenvalue weighted by Gasteiger charge is -2.24. The molecule has 1 aromatic heterocycles. The molecule has 3 atom stereocenters. The lowest BCUT2D eigenvalue weighted by molar-refractivity contribution is 0.403. The molecular weight excluding hydrogens is 346 g/mol. The van der Waals surface area contributed by atoms with Crippen LogP contribution < -0.4 is 0 Å². The van der Waals surface area contributed by atoms with Gasteiger partial charge in [0.05, 0.1) is 5.52 Å². The van der Waals surface area contributed by atoms with Crippen molar-refractivity contribution >= 4 is 38.3 Å². The quantitative estimate of drug-likeness (QED) is 0.348. The fourth-order valence-corrected chi connectivity index (χ4v) is 3.64. The average Bonchev–Trinajstić information content (AvgIpc) is 3.27. The highest BCUT2D eigenvalue weighted by atomic mass is 31.0. The predicted octanol–water partition coefficient (Wildman–Crippen LogP) is 4.41. The van der Waals surface area contributed by atoms with Crippen molar-refractivity contribution in [3.05, 3.63) is 60.4 Å². The van der Waals surface area contributed by atoms with Gasteiger partial charge in [-0.25, -0.2) is 4.39 Å². The largest absolute Gasteiger partial charge is 0.331 e. The van der Waals surface area contributed by atoms with E-state index in [2.05, 4.69) is 61.5 Å². The van der Waals surface area contributed by atoms with Gasteiger partial charge in [-0.15, -0.1) is 5.10 Å². The molecule has 1 saturated carbocycles. The first-order valence-corrected chi connectivity index (χ1v) is 9.15. The molecule has 1 aliphatic heterocycles. The summed E-state index contributed by atoms with van der Waals surface area (Å²) in [6.45, 7) is 4.12. The van der Waals surface area contributed by atoms with Crippen LogP contribution in [0, 0.1) is 5.92 Å². The second kappa shape index (κ2) is 6.73. The molecule has 0 N–H and O–H groups in total. The highest BCUT2D eigenvalue weighted by Gasteiger charge is 2.51. The molecule has 132 valence electrons. The normalized spacial score (nSPS) is 25.3. The molecule has 2 heterocycles. The Morgan fingerprint density at radius 2 is 2.27 bits per heavy atom. The topological polar surface area (TPSA) is 40.9 Å². The number of aromatic nitrogens is 1. The molecule has 1 aromatic carbocycles. The third kappa shape index (κ3) is 3.45. The van der Waals surface area contributed by atoms with E-state index in [1.54, 1.807) is 6.20 Å². The second-order valence-corrected chi connectivity index (χ2v) is 7.69. The predicted molar refractivity (Wildman–Crippen MR) is 109 cm³/mol. The third-order valence-electron chi connectivity index (χ3n) is 4.90. The van der Waals surface area contributed by atoms with Gasteiger partial charge in [-0.3, -0.25) is 4.98 Å². The lowest BCUT2D eigenvalue weighted by Crippen LogP contribution is -2.28. The van der Waals surface area contributed by atoms with E-state index in [4.69, 9.17) is 0 Å². The van der Waals surface area contributed by atoms with Gasteiger partial charge in [0.15, 0.2) is 0 Å². The number of hydrogen-bond donors (Lipinski definition) is 0. The van der Waals surface area contributed by atoms with Crippen LogP contribution in [0.2, 0.25) is 0 Å². The Labute approximate surface area is 154 Å². The fourth-order valence-electron chi connectivity index (χ4n) is 3.23. The zero-order chi connectivity index (χ0) is 18.1. The summed E-state index contributed by atoms with van der Waals surface area (Å²) < 4.78 is 13.9. The molecule has 0 amide bonds. The van der Waals surface area contributed by atoms with Crippen LogP contribution in [0.3, 0.4) is 0 Å². The molecule has 2 aliphatic rings. The minimum Gasteiger partial charge on any atom is -0.331 e. The number of hydrogen-bond acceptors (Lipinski definition) is 3. The molecular formula is C20H20FN4P. The average molecular weight is 366 g/mol. The van der Waals surface area contributed by atoms with Crippen molar-refractivity contribution in [2.24, 2.45) is 16.1 Å². The van der Waals surface area contributed by atoms with Gasteiger partial charge in [0, 0.05) is 43.4 Å². The number of benzene rings is 1. The Morgan fingerprint density at radius 1 is 1.42 bits per heavy atom. The van der Waals surface area contributed by atoms with E-state index in [0.29, 0.717) is 19.4 Å². The van der Waals surface area contributed by atoms with Crippen LogP contribution in [0.1, 0.15) is 18.4 Å². The van der Waals surface area contributed by atoms with Gasteiger partial charge in [-0.1, -0.05) is 27.4 Å². The van der Waals surface area contributed by atoms with E-state index in [1.807, 2.05) is 23.2 Å². The number of amidine groups is 1. The summed E-state index contributed by atoms with van der Waals surface area (Å²) in [6, 6.07) is 10.3. The SMILES string of the molecule is C=N/N=C(/CC1CC1(F)P)N1C=CC(c2ccc3ncccc3c2)=CC1. The van der Waals surface area contributed by atoms with Gasteiger partial charge in [-0.2, -0.15) is 5.10 Å². The van der Waals surface area contributed by atoms with Gasteiger partial charge in [0.2, 0.25) is 0 Å². The van der Waals surface area contributed by atoms with Crippen molar-refractivity contribution in [2.75, 3.05) is 6.54 Å². The summed E-state index contributed by atoms with van der Waals surface area (Å²) in [5, 5.41) is 7.75. The standard InChI is InChI=1S/C20H20FN4P/c1-22-24-19(12-17-13-20(17,21)26)25-9-6-14(7-10-25)15-4-5-18-16(11-15)3-2-8-23-18/h2-9,11,17H,1,10,12-13,26H2/b24-19-. The van der Waals surface area contributed by atoms with E-state index < -0.39 is 5.41 Å². The monoisotopic (exact) mass is 366 g/mol. The van der Waals surface area contributed by atoms with Crippen LogP contribution in [-0.2, 0) is 0 Å². The van der Waals surface area contributed by atoms with E-state index in [1.165, 1.54) is 0 Å². The summed E-state index contributed by atoms with van der Waals surface area (Å²) in [5.74, 6) is 0.737. The molecule has 0 radical (unpaired) electrons. The highest BCUT2D eigenvalue weighted by Crippen LogP contribution is 2.54. The van der Waals surface area contributed by atoms with Crippen LogP contribution in [0.15, 0.2) is 65.1 Å². The molecule has 3 unspecified atom stereocenters. The summed E-state index contributed by atoms with van der Waals surface area (Å²) in [7, 11) is 2.29. The zero-order valence-electron chi connectivity index (χ0n) is 14.3. The number of fused-ring (bicyclic) bond motifs is 1. The fraction of sp³-hybridized carbons (Fsp3) is 0.250. The number of rotatable bonds is 4. The van der Waals surface area contributed by atoms with Gasteiger partial charge in [0.1, 0.15) is 11.2 Å². The second-order valence-electron chi connectivity index (χ2n) is 6.73. The van der Waals surface area contributed by atoms with E-state index >= 15 is 0 Å². The maximum Gasteiger partial charge on any atom is 0.132 e. The Morgan fingerprint density at radius 3 is 2.96 bits per heavy atom. The van der Waals surface area contributed by atoms with Crippen LogP contribution in [0.5, 0.6) is 0 Å². The molecule has 1 fully saturated rings. The smallest absolute Gasteiger partial charge is 0.132 e. The maximum absolute atomic E-state index is 13.9. The highest BCUT2D eigenvalue weighted by molar-refractivity contribution is 7.19. The van der Waals surface area contributed by atoms with Crippen LogP contribution >= 0.6 is 9.24 Å². The summed E-state index contributed by atoms with van der Waals surface area (Å²) >= 11 is 0. The number of alkyl halides is 1. The molecule has 4 rings (SSSR count). The zero-order valence-corrected chi connectivity index (χ0v) is 15.5. The minimum absolute atomic E-state index is 0.0141. The van der Waals surface area contributed by atoms with Gasteiger partial charge < -0.3 is 4.90 Å². The van der Waals surface area contributed by atoms with E-state index in [0.717, 1.165) is 27.9 Å². The van der Waals surface area contributed by atoms with Crippen molar-refractivity contribution in [1.29, 1.82) is 0 Å². The van der Waals surface area contributed by atoms with Crippen LogP contribution in [0.25, 0.3) is 16.5 Å². The van der Waals surface area contributed by atoms with Crippen LogP contribution in [-0.4, -0.2) is 34.4 Å². The first-order chi connectivity index (χ1) is 12.6. The van der Waals surface area contributed by atoms with Crippen molar-refractivity contribution in [3.63, 3.8) is 0 Å². The molecule has 0 saturated heterocycles. The molecule has 0 bridgehead atoms. The molecule has 2 aromatic rings. The summed E-state index contributed by atoms with van der Waals surface area (Å²) in [4.78, 5) is 6.36. The Hall–Kier alpha value is -2.39. The van der Waals surface area contributed by atoms with E-state index in [9.17, 15) is 4.39 Å². The molecule has 26 heavy (non-hydrogen) atoms. The van der Waals surface area contributed by atoms with E-state index in [-0.39, 0.29) is 5.92 Å². The van der Waals surface area contributed by atoms with Gasteiger partial charge >= 0.3 is 0 Å². The first kappa shape index (κ1) is 17.0. The molecule has 6 heteroatoms. The number of nitrogens with zero attached hydrogens (tertiary/aromatic N) is 4. The van der Waals surface area contributed by atoms with Crippen LogP contribution in [0.4, 0.5) is 4.39 Å². The minimum atomic E-state index is -1.15. The molecule has 0 spiro atoms. The third-order valence-corrected chi connectivity index (χ3v) is 5.61. The molecule has 1 aliphatic carbocycles. The first-order valence-electron chi connectivity index (χ1n) is 8.57. The van der Waals surface area contributed by atoms with Crippen molar-refractivity contribution in [1.82, 2.24) is 9.88 Å².